The number of thiophene rings is 1. The summed E-state index contributed by atoms with van der Waals surface area (Å²) in [6.07, 6.45) is 0.298. The summed E-state index contributed by atoms with van der Waals surface area (Å²) in [6.45, 7) is 8.70. The Morgan fingerprint density at radius 2 is 1.74 bits per heavy atom. The van der Waals surface area contributed by atoms with Crippen molar-refractivity contribution in [3.63, 3.8) is 0 Å². The molecule has 0 aliphatic heterocycles. The molecule has 1 N–H and O–H groups in total. The molecule has 0 fully saturated rings. The van der Waals surface area contributed by atoms with Crippen LogP contribution in [0.1, 0.15) is 48.4 Å². The van der Waals surface area contributed by atoms with Crippen molar-refractivity contribution in [3.05, 3.63) is 57.3 Å². The monoisotopic (exact) mass is 274 g/mol. The molecule has 0 aliphatic carbocycles. The predicted octanol–water partition coefficient (Wildman–Crippen LogP) is 4.63. The van der Waals surface area contributed by atoms with E-state index in [1.165, 1.54) is 16.7 Å². The molecule has 0 bridgehead atoms. The molecule has 1 atom stereocenters. The van der Waals surface area contributed by atoms with Gasteiger partial charge in [0, 0.05) is 11.3 Å². The van der Waals surface area contributed by atoms with Crippen LogP contribution < -0.4 is 0 Å². The predicted molar refractivity (Wildman–Crippen MR) is 82.9 cm³/mol. The molecule has 0 radical (unpaired) electrons. The molecule has 0 saturated carbocycles. The molecule has 0 amide bonds. The van der Waals surface area contributed by atoms with Crippen molar-refractivity contribution in [2.75, 3.05) is 0 Å². The van der Waals surface area contributed by atoms with Gasteiger partial charge in [-0.2, -0.15) is 0 Å². The van der Waals surface area contributed by atoms with Crippen molar-refractivity contribution in [1.82, 2.24) is 0 Å². The van der Waals surface area contributed by atoms with Gasteiger partial charge in [-0.25, -0.2) is 0 Å². The molecule has 0 spiro atoms. The maximum atomic E-state index is 10.3. The van der Waals surface area contributed by atoms with Crippen LogP contribution in [-0.2, 0) is 11.8 Å². The van der Waals surface area contributed by atoms with Crippen LogP contribution in [0, 0.1) is 6.92 Å². The van der Waals surface area contributed by atoms with Crippen LogP contribution in [-0.4, -0.2) is 5.11 Å². The zero-order valence-corrected chi connectivity index (χ0v) is 12.9. The Bertz CT molecular complexity index is 531. The molecule has 0 saturated heterocycles. The number of aryl methyl sites for hydroxylation is 1. The molecule has 1 nitrogen and oxygen atoms in total. The topological polar surface area (TPSA) is 20.2 Å². The van der Waals surface area contributed by atoms with Crippen molar-refractivity contribution in [3.8, 4) is 0 Å². The molecule has 2 heteroatoms. The first-order valence-electron chi connectivity index (χ1n) is 6.69. The molecule has 2 aromatic rings. The minimum absolute atomic E-state index is 0.182. The zero-order chi connectivity index (χ0) is 14.0. The third kappa shape index (κ3) is 3.46. The quantitative estimate of drug-likeness (QED) is 0.865. The summed E-state index contributed by atoms with van der Waals surface area (Å²) in [6, 6.07) is 10.7. The van der Waals surface area contributed by atoms with Crippen LogP contribution in [0.15, 0.2) is 35.7 Å². The molecule has 0 aliphatic rings. The highest BCUT2D eigenvalue weighted by Crippen LogP contribution is 2.28. The van der Waals surface area contributed by atoms with Gasteiger partial charge in [-0.15, -0.1) is 11.3 Å². The van der Waals surface area contributed by atoms with Crippen LogP contribution in [0.4, 0.5) is 0 Å². The summed E-state index contributed by atoms with van der Waals surface area (Å²) in [4.78, 5) is 1.08. The highest BCUT2D eigenvalue weighted by molar-refractivity contribution is 7.10. The standard InChI is InChI=1S/C17H22OS/c1-12-9-10-19-16(12)15(18)11-13-5-7-14(8-6-13)17(2,3)4/h5-10,15,18H,11H2,1-4H3. The highest BCUT2D eigenvalue weighted by atomic mass is 32.1. The second-order valence-corrected chi connectivity index (χ2v) is 7.08. The van der Waals surface area contributed by atoms with Gasteiger partial charge in [0.2, 0.25) is 0 Å². The van der Waals surface area contributed by atoms with E-state index in [0.717, 1.165) is 4.88 Å². The van der Waals surface area contributed by atoms with Crippen molar-refractivity contribution < 1.29 is 5.11 Å². The highest BCUT2D eigenvalue weighted by Gasteiger charge is 2.15. The summed E-state index contributed by atoms with van der Waals surface area (Å²) in [5, 5.41) is 12.3. The Morgan fingerprint density at radius 1 is 1.11 bits per heavy atom. The lowest BCUT2D eigenvalue weighted by Crippen LogP contribution is -2.11. The number of aliphatic hydroxyl groups excluding tert-OH is 1. The van der Waals surface area contributed by atoms with E-state index >= 15 is 0 Å². The lowest BCUT2D eigenvalue weighted by Gasteiger charge is -2.19. The first-order chi connectivity index (χ1) is 8.88. The van der Waals surface area contributed by atoms with E-state index in [1.807, 2.05) is 5.38 Å². The Hall–Kier alpha value is -1.12. The Morgan fingerprint density at radius 3 is 2.21 bits per heavy atom. The van der Waals surface area contributed by atoms with E-state index in [4.69, 9.17) is 0 Å². The first kappa shape index (κ1) is 14.3. The molecule has 1 heterocycles. The average Bonchev–Trinajstić information content (AvgIpc) is 2.75. The van der Waals surface area contributed by atoms with Crippen LogP contribution in [0.2, 0.25) is 0 Å². The molecule has 102 valence electrons. The third-order valence-corrected chi connectivity index (χ3v) is 4.57. The minimum Gasteiger partial charge on any atom is -0.387 e. The summed E-state index contributed by atoms with van der Waals surface area (Å²) in [5.74, 6) is 0. The second-order valence-electron chi connectivity index (χ2n) is 6.13. The van der Waals surface area contributed by atoms with Gasteiger partial charge in [0.1, 0.15) is 0 Å². The number of benzene rings is 1. The number of hydrogen-bond acceptors (Lipinski definition) is 2. The fourth-order valence-electron chi connectivity index (χ4n) is 2.18. The molecule has 19 heavy (non-hydrogen) atoms. The van der Waals surface area contributed by atoms with Crippen LogP contribution >= 0.6 is 11.3 Å². The van der Waals surface area contributed by atoms with Crippen LogP contribution in [0.3, 0.4) is 0 Å². The normalized spacial score (nSPS) is 13.5. The molecular weight excluding hydrogens is 252 g/mol. The second kappa shape index (κ2) is 5.48. The van der Waals surface area contributed by atoms with E-state index in [2.05, 4.69) is 58.0 Å². The number of aliphatic hydroxyl groups is 1. The summed E-state index contributed by atoms with van der Waals surface area (Å²) < 4.78 is 0. The van der Waals surface area contributed by atoms with Gasteiger partial charge >= 0.3 is 0 Å². The first-order valence-corrected chi connectivity index (χ1v) is 7.57. The summed E-state index contributed by atoms with van der Waals surface area (Å²) in [7, 11) is 0. The van der Waals surface area contributed by atoms with E-state index in [-0.39, 0.29) is 11.5 Å². The van der Waals surface area contributed by atoms with Crippen molar-refractivity contribution in [2.45, 2.75) is 45.6 Å². The maximum absolute atomic E-state index is 10.3. The van der Waals surface area contributed by atoms with Gasteiger partial charge in [0.15, 0.2) is 0 Å². The van der Waals surface area contributed by atoms with Crippen LogP contribution in [0.25, 0.3) is 0 Å². The molecule has 1 aromatic carbocycles. The molecule has 2 rings (SSSR count). The largest absolute Gasteiger partial charge is 0.387 e. The van der Waals surface area contributed by atoms with Gasteiger partial charge in [-0.1, -0.05) is 45.0 Å². The van der Waals surface area contributed by atoms with Crippen molar-refractivity contribution in [1.29, 1.82) is 0 Å². The van der Waals surface area contributed by atoms with Gasteiger partial charge in [0.25, 0.3) is 0 Å². The fourth-order valence-corrected chi connectivity index (χ4v) is 3.10. The SMILES string of the molecule is Cc1ccsc1C(O)Cc1ccc(C(C)(C)C)cc1. The molecule has 1 unspecified atom stereocenters. The summed E-state index contributed by atoms with van der Waals surface area (Å²) >= 11 is 1.63. The lowest BCUT2D eigenvalue weighted by molar-refractivity contribution is 0.181. The Balaban J connectivity index is 2.10. The number of hydrogen-bond donors (Lipinski definition) is 1. The van der Waals surface area contributed by atoms with Crippen molar-refractivity contribution >= 4 is 11.3 Å². The lowest BCUT2D eigenvalue weighted by atomic mass is 9.86. The van der Waals surface area contributed by atoms with E-state index in [1.54, 1.807) is 11.3 Å². The molecule has 1 aromatic heterocycles. The Labute approximate surface area is 119 Å². The minimum atomic E-state index is -0.388. The van der Waals surface area contributed by atoms with E-state index in [0.29, 0.717) is 6.42 Å². The van der Waals surface area contributed by atoms with Gasteiger partial charge in [0.05, 0.1) is 6.10 Å². The smallest absolute Gasteiger partial charge is 0.0924 e. The average molecular weight is 274 g/mol. The van der Waals surface area contributed by atoms with Gasteiger partial charge < -0.3 is 5.11 Å². The van der Waals surface area contributed by atoms with Gasteiger partial charge in [-0.05, 0) is 40.5 Å². The van der Waals surface area contributed by atoms with Crippen molar-refractivity contribution in [2.24, 2.45) is 0 Å². The van der Waals surface area contributed by atoms with Gasteiger partial charge in [-0.3, -0.25) is 0 Å². The van der Waals surface area contributed by atoms with E-state index in [9.17, 15) is 5.11 Å². The Kier molecular flexibility index (Phi) is 4.12. The van der Waals surface area contributed by atoms with E-state index < -0.39 is 0 Å². The molecular formula is C17H22OS. The third-order valence-electron chi connectivity index (χ3n) is 3.45. The fraction of sp³-hybridized carbons (Fsp3) is 0.412. The number of rotatable bonds is 3. The zero-order valence-electron chi connectivity index (χ0n) is 12.1. The van der Waals surface area contributed by atoms with Crippen LogP contribution in [0.5, 0.6) is 0 Å². The maximum Gasteiger partial charge on any atom is 0.0924 e. The summed E-state index contributed by atoms with van der Waals surface area (Å²) in [5.41, 5.74) is 3.89.